The molecule has 0 bridgehead atoms. The Morgan fingerprint density at radius 1 is 0.787 bits per heavy atom. The number of imide groups is 1. The number of carbonyl (C=O) groups is 5. The van der Waals surface area contributed by atoms with E-state index in [1.165, 1.54) is 0 Å². The minimum Gasteiger partial charge on any atom is -0.432 e. The highest BCUT2D eigenvalue weighted by Crippen LogP contribution is 2.45. The standard InChI is InChI=1S/C33H41N3O11/c1-43-14-4-16-45-18-12-35-32(41)23-6-8-25-24-7-5-22(31(40)34-11-17-44-15-3-2-13-37)19-26(24)28(27(25)20-23)21-46-33(42)47-36-29(38)9-10-30(36)39/h5-8,19-20,28,37H,2-4,9-18,21H2,1H3,(H,34,40)(H,35,41). The Bertz CT molecular complexity index is 1340. The van der Waals surface area contributed by atoms with Crippen LogP contribution in [0.2, 0.25) is 0 Å². The lowest BCUT2D eigenvalue weighted by atomic mass is 9.95. The predicted molar refractivity (Wildman–Crippen MR) is 166 cm³/mol. The van der Waals surface area contributed by atoms with Gasteiger partial charge in [-0.25, -0.2) is 4.79 Å². The summed E-state index contributed by atoms with van der Waals surface area (Å²) in [4.78, 5) is 67.1. The molecule has 2 aliphatic rings. The zero-order valence-corrected chi connectivity index (χ0v) is 26.4. The zero-order chi connectivity index (χ0) is 33.6. The van der Waals surface area contributed by atoms with Crippen molar-refractivity contribution in [2.24, 2.45) is 0 Å². The fourth-order valence-corrected chi connectivity index (χ4v) is 5.24. The van der Waals surface area contributed by atoms with Gasteiger partial charge in [0.15, 0.2) is 0 Å². The minimum atomic E-state index is -1.23. The highest BCUT2D eigenvalue weighted by molar-refractivity contribution is 6.01. The molecule has 1 unspecified atom stereocenters. The molecule has 2 aromatic carbocycles. The molecule has 0 spiro atoms. The third kappa shape index (κ3) is 9.81. The molecular formula is C33H41N3O11. The summed E-state index contributed by atoms with van der Waals surface area (Å²) in [7, 11) is 1.62. The lowest BCUT2D eigenvalue weighted by Crippen LogP contribution is -2.32. The van der Waals surface area contributed by atoms with Gasteiger partial charge in [-0.15, -0.1) is 0 Å². The number of ether oxygens (including phenoxy) is 4. The zero-order valence-electron chi connectivity index (χ0n) is 26.4. The first-order valence-corrected chi connectivity index (χ1v) is 15.6. The summed E-state index contributed by atoms with van der Waals surface area (Å²) in [6.07, 6.45) is 0.793. The number of carbonyl (C=O) groups excluding carboxylic acids is 5. The van der Waals surface area contributed by atoms with Crippen LogP contribution in [0.5, 0.6) is 0 Å². The molecule has 0 radical (unpaired) electrons. The van der Waals surface area contributed by atoms with E-state index in [2.05, 4.69) is 10.6 Å². The Hall–Kier alpha value is -4.37. The number of rotatable bonds is 19. The molecule has 4 amide bonds. The monoisotopic (exact) mass is 655 g/mol. The van der Waals surface area contributed by atoms with E-state index in [4.69, 9.17) is 28.9 Å². The van der Waals surface area contributed by atoms with Gasteiger partial charge in [-0.3, -0.25) is 24.0 Å². The van der Waals surface area contributed by atoms with E-state index >= 15 is 0 Å². The second-order valence-electron chi connectivity index (χ2n) is 10.9. The number of nitrogens with one attached hydrogen (secondary N) is 2. The van der Waals surface area contributed by atoms with E-state index in [-0.39, 0.29) is 44.4 Å². The third-order valence-electron chi connectivity index (χ3n) is 7.61. The number of unbranched alkanes of at least 4 members (excludes halogenated alkanes) is 1. The summed E-state index contributed by atoms with van der Waals surface area (Å²) >= 11 is 0. The van der Waals surface area contributed by atoms with Gasteiger partial charge >= 0.3 is 6.16 Å². The van der Waals surface area contributed by atoms with Crippen molar-refractivity contribution in [2.45, 2.75) is 38.0 Å². The summed E-state index contributed by atoms with van der Waals surface area (Å²) in [6, 6.07) is 10.4. The van der Waals surface area contributed by atoms with Crippen LogP contribution in [-0.4, -0.2) is 106 Å². The van der Waals surface area contributed by atoms with E-state index in [0.717, 1.165) is 24.0 Å². The molecule has 1 fully saturated rings. The van der Waals surface area contributed by atoms with E-state index < -0.39 is 23.9 Å². The molecule has 0 saturated carbocycles. The largest absolute Gasteiger partial charge is 0.533 e. The quantitative estimate of drug-likeness (QED) is 0.115. The number of benzene rings is 2. The molecule has 3 N–H and O–H groups in total. The number of fused-ring (bicyclic) bond motifs is 3. The first kappa shape index (κ1) is 35.5. The van der Waals surface area contributed by atoms with Gasteiger partial charge in [0, 0.05) is 76.5 Å². The van der Waals surface area contributed by atoms with Crippen LogP contribution in [0.4, 0.5) is 4.79 Å². The molecule has 1 aliphatic carbocycles. The van der Waals surface area contributed by atoms with Crippen molar-refractivity contribution in [3.05, 3.63) is 58.7 Å². The average molecular weight is 656 g/mol. The number of hydrogen-bond acceptors (Lipinski definition) is 11. The Morgan fingerprint density at radius 3 is 1.87 bits per heavy atom. The molecule has 254 valence electrons. The topological polar surface area (TPSA) is 179 Å². The minimum absolute atomic E-state index is 0.0546. The lowest BCUT2D eigenvalue weighted by molar-refractivity contribution is -0.177. The van der Waals surface area contributed by atoms with Crippen LogP contribution >= 0.6 is 0 Å². The Kier molecular flexibility index (Phi) is 13.7. The first-order chi connectivity index (χ1) is 22.8. The molecule has 47 heavy (non-hydrogen) atoms. The second kappa shape index (κ2) is 18.1. The number of amides is 4. The van der Waals surface area contributed by atoms with Gasteiger partial charge in [0.25, 0.3) is 23.6 Å². The van der Waals surface area contributed by atoms with E-state index in [9.17, 15) is 24.0 Å². The number of hydrogen-bond donors (Lipinski definition) is 3. The SMILES string of the molecule is COCCCOCCNC(=O)c1ccc2c(c1)C(COC(=O)ON1C(=O)CCC1=O)c1cc(C(=O)NCCOCCCCO)ccc1-2. The van der Waals surface area contributed by atoms with Gasteiger partial charge in [-0.1, -0.05) is 17.2 Å². The molecule has 14 heteroatoms. The average Bonchev–Trinajstić information content (AvgIpc) is 3.56. The summed E-state index contributed by atoms with van der Waals surface area (Å²) < 4.78 is 21.3. The maximum absolute atomic E-state index is 13.0. The Labute approximate surface area is 272 Å². The normalized spacial score (nSPS) is 14.9. The van der Waals surface area contributed by atoms with E-state index in [1.54, 1.807) is 43.5 Å². The van der Waals surface area contributed by atoms with Crippen LogP contribution in [0.15, 0.2) is 36.4 Å². The fraction of sp³-hybridized carbons (Fsp3) is 0.485. The van der Waals surface area contributed by atoms with Gasteiger partial charge in [0.2, 0.25) is 0 Å². The summed E-state index contributed by atoms with van der Waals surface area (Å²) in [5, 5.41) is 14.9. The van der Waals surface area contributed by atoms with Crippen LogP contribution in [0.25, 0.3) is 11.1 Å². The van der Waals surface area contributed by atoms with Crippen LogP contribution < -0.4 is 10.6 Å². The van der Waals surface area contributed by atoms with Crippen molar-refractivity contribution in [3.8, 4) is 11.1 Å². The van der Waals surface area contributed by atoms with Crippen LogP contribution in [-0.2, 0) is 33.4 Å². The van der Waals surface area contributed by atoms with Gasteiger partial charge in [0.05, 0.1) is 13.2 Å². The number of aliphatic hydroxyl groups excluding tert-OH is 1. The Balaban J connectivity index is 1.45. The maximum atomic E-state index is 13.0. The van der Waals surface area contributed by atoms with Gasteiger partial charge < -0.3 is 34.7 Å². The number of nitrogens with zero attached hydrogens (tertiary/aromatic N) is 1. The predicted octanol–water partition coefficient (Wildman–Crippen LogP) is 2.32. The van der Waals surface area contributed by atoms with Crippen LogP contribution in [0, 0.1) is 0 Å². The van der Waals surface area contributed by atoms with Crippen LogP contribution in [0.3, 0.4) is 0 Å². The second-order valence-corrected chi connectivity index (χ2v) is 10.9. The molecule has 1 atom stereocenters. The first-order valence-electron chi connectivity index (χ1n) is 15.6. The van der Waals surface area contributed by atoms with Gasteiger partial charge in [0.1, 0.15) is 6.61 Å². The summed E-state index contributed by atoms with van der Waals surface area (Å²) in [6.45, 7) is 2.71. The van der Waals surface area contributed by atoms with Crippen molar-refractivity contribution < 1.29 is 52.9 Å². The lowest BCUT2D eigenvalue weighted by Gasteiger charge is -2.17. The molecule has 14 nitrogen and oxygen atoms in total. The molecule has 0 aromatic heterocycles. The highest BCUT2D eigenvalue weighted by atomic mass is 16.8. The van der Waals surface area contributed by atoms with Crippen molar-refractivity contribution in [1.29, 1.82) is 0 Å². The molecule has 4 rings (SSSR count). The number of aliphatic hydroxyl groups is 1. The number of hydroxylamine groups is 2. The van der Waals surface area contributed by atoms with Crippen molar-refractivity contribution in [2.75, 3.05) is 66.4 Å². The Morgan fingerprint density at radius 2 is 1.34 bits per heavy atom. The molecule has 2 aromatic rings. The molecular weight excluding hydrogens is 614 g/mol. The van der Waals surface area contributed by atoms with Crippen molar-refractivity contribution >= 4 is 29.8 Å². The third-order valence-corrected chi connectivity index (χ3v) is 7.61. The van der Waals surface area contributed by atoms with Crippen molar-refractivity contribution in [1.82, 2.24) is 15.7 Å². The molecule has 1 heterocycles. The maximum Gasteiger partial charge on any atom is 0.533 e. The summed E-state index contributed by atoms with van der Waals surface area (Å²) in [5.41, 5.74) is 3.74. The highest BCUT2D eigenvalue weighted by Gasteiger charge is 2.35. The van der Waals surface area contributed by atoms with E-state index in [1.807, 2.05) is 0 Å². The molecule has 1 saturated heterocycles. The fourth-order valence-electron chi connectivity index (χ4n) is 5.24. The van der Waals surface area contributed by atoms with Gasteiger partial charge in [-0.2, -0.15) is 0 Å². The van der Waals surface area contributed by atoms with Gasteiger partial charge in [-0.05, 0) is 65.8 Å². The molecule has 1 aliphatic heterocycles. The number of methoxy groups -OCH3 is 1. The summed E-state index contributed by atoms with van der Waals surface area (Å²) in [5.74, 6) is -2.49. The van der Waals surface area contributed by atoms with E-state index in [0.29, 0.717) is 73.3 Å². The van der Waals surface area contributed by atoms with Crippen molar-refractivity contribution in [3.63, 3.8) is 0 Å². The van der Waals surface area contributed by atoms with Crippen LogP contribution in [0.1, 0.15) is 69.9 Å². The smallest absolute Gasteiger partial charge is 0.432 e.